The summed E-state index contributed by atoms with van der Waals surface area (Å²) < 4.78 is 0. The number of para-hydroxylation sites is 1. The highest BCUT2D eigenvalue weighted by Gasteiger charge is 2.41. The molecule has 7 nitrogen and oxygen atoms in total. The third kappa shape index (κ3) is 2.74. The maximum Gasteiger partial charge on any atom is 0.324 e. The van der Waals surface area contributed by atoms with Crippen molar-refractivity contribution in [2.24, 2.45) is 11.8 Å². The summed E-state index contributed by atoms with van der Waals surface area (Å²) in [6.45, 7) is 0.761. The number of benzene rings is 1. The number of likely N-dealkylation sites (tertiary alicyclic amines) is 1. The normalized spacial score (nSPS) is 23.5. The number of carbonyl (C=O) groups is 3. The number of fused-ring (bicyclic) bond motifs is 1. The maximum atomic E-state index is 12.7. The average Bonchev–Trinajstić information content (AvgIpc) is 2.97. The molecule has 2 aliphatic heterocycles. The molecule has 1 saturated heterocycles. The van der Waals surface area contributed by atoms with Gasteiger partial charge in [-0.2, -0.15) is 0 Å². The molecule has 2 aliphatic rings. The van der Waals surface area contributed by atoms with E-state index in [1.807, 2.05) is 24.3 Å². The fourth-order valence-electron chi connectivity index (χ4n) is 3.38. The summed E-state index contributed by atoms with van der Waals surface area (Å²) in [6.07, 6.45) is 0.934. The molecule has 1 aromatic carbocycles. The van der Waals surface area contributed by atoms with Gasteiger partial charge in [0.2, 0.25) is 0 Å². The molecule has 0 bridgehead atoms. The number of piperidine rings is 1. The summed E-state index contributed by atoms with van der Waals surface area (Å²) in [6, 6.07) is 7.38. The summed E-state index contributed by atoms with van der Waals surface area (Å²) in [7, 11) is 0. The van der Waals surface area contributed by atoms with E-state index in [0.717, 1.165) is 17.7 Å². The number of amides is 2. The van der Waals surface area contributed by atoms with E-state index in [2.05, 4.69) is 0 Å². The van der Waals surface area contributed by atoms with Gasteiger partial charge in [0.05, 0.1) is 11.8 Å². The molecule has 3 rings (SSSR count). The molecule has 122 valence electrons. The van der Waals surface area contributed by atoms with Crippen molar-refractivity contribution in [2.45, 2.75) is 12.8 Å². The van der Waals surface area contributed by atoms with Crippen molar-refractivity contribution in [1.82, 2.24) is 4.90 Å². The van der Waals surface area contributed by atoms with Crippen LogP contribution in [0, 0.1) is 11.8 Å². The van der Waals surface area contributed by atoms with Gasteiger partial charge < -0.3 is 15.1 Å². The van der Waals surface area contributed by atoms with Gasteiger partial charge in [-0.1, -0.05) is 18.2 Å². The van der Waals surface area contributed by atoms with Gasteiger partial charge in [-0.3, -0.25) is 14.5 Å². The Morgan fingerprint density at radius 2 is 1.70 bits per heavy atom. The van der Waals surface area contributed by atoms with E-state index in [1.165, 1.54) is 4.90 Å². The lowest BCUT2D eigenvalue weighted by Crippen LogP contribution is -2.52. The molecule has 2 heterocycles. The van der Waals surface area contributed by atoms with Crippen molar-refractivity contribution >= 4 is 23.7 Å². The van der Waals surface area contributed by atoms with Crippen LogP contribution >= 0.6 is 0 Å². The van der Waals surface area contributed by atoms with Crippen molar-refractivity contribution < 1.29 is 24.6 Å². The Morgan fingerprint density at radius 1 is 1.00 bits per heavy atom. The molecule has 0 saturated carbocycles. The molecule has 2 atom stereocenters. The van der Waals surface area contributed by atoms with E-state index in [-0.39, 0.29) is 25.5 Å². The van der Waals surface area contributed by atoms with Crippen LogP contribution < -0.4 is 4.90 Å². The summed E-state index contributed by atoms with van der Waals surface area (Å²) in [5.41, 5.74) is 1.95. The minimum absolute atomic E-state index is 0.0657. The molecule has 2 N–H and O–H groups in total. The maximum absolute atomic E-state index is 12.7. The summed E-state index contributed by atoms with van der Waals surface area (Å²) in [5.74, 6) is -4.29. The molecular weight excluding hydrogens is 300 g/mol. The molecule has 2 unspecified atom stereocenters. The quantitative estimate of drug-likeness (QED) is 0.856. The molecule has 7 heteroatoms. The molecule has 23 heavy (non-hydrogen) atoms. The summed E-state index contributed by atoms with van der Waals surface area (Å²) in [5, 5.41) is 18.4. The number of carboxylic acid groups (broad SMARTS) is 2. The van der Waals surface area contributed by atoms with Crippen LogP contribution in [0.1, 0.15) is 12.0 Å². The molecule has 1 fully saturated rings. The van der Waals surface area contributed by atoms with Gasteiger partial charge in [0.25, 0.3) is 0 Å². The monoisotopic (exact) mass is 318 g/mol. The molecule has 0 spiro atoms. The highest BCUT2D eigenvalue weighted by Crippen LogP contribution is 2.31. The Morgan fingerprint density at radius 3 is 2.39 bits per heavy atom. The van der Waals surface area contributed by atoms with Gasteiger partial charge >= 0.3 is 18.0 Å². The Kier molecular flexibility index (Phi) is 3.94. The number of urea groups is 1. The van der Waals surface area contributed by atoms with Crippen molar-refractivity contribution in [2.75, 3.05) is 24.5 Å². The lowest BCUT2D eigenvalue weighted by molar-refractivity contribution is -0.156. The van der Waals surface area contributed by atoms with Crippen LogP contribution in [-0.4, -0.2) is 52.7 Å². The predicted molar refractivity (Wildman–Crippen MR) is 81.3 cm³/mol. The van der Waals surface area contributed by atoms with Gasteiger partial charge in [-0.15, -0.1) is 0 Å². The van der Waals surface area contributed by atoms with Crippen LogP contribution in [0.5, 0.6) is 0 Å². The number of anilines is 1. The van der Waals surface area contributed by atoms with Crippen LogP contribution in [0.3, 0.4) is 0 Å². The Labute approximate surface area is 133 Å². The van der Waals surface area contributed by atoms with E-state index in [1.54, 1.807) is 4.90 Å². The second-order valence-electron chi connectivity index (χ2n) is 5.94. The second kappa shape index (κ2) is 5.91. The largest absolute Gasteiger partial charge is 0.481 e. The minimum atomic E-state index is -1.17. The zero-order chi connectivity index (χ0) is 16.6. The summed E-state index contributed by atoms with van der Waals surface area (Å²) in [4.78, 5) is 38.4. The standard InChI is InChI=1S/C16H18N2O5/c19-14(20)11-6-7-17(9-12(11)15(21)22)16(23)18-8-5-10-3-1-2-4-13(10)18/h1-4,11-12H,5-9H2,(H,19,20)(H,21,22). The van der Waals surface area contributed by atoms with E-state index in [0.29, 0.717) is 6.54 Å². The van der Waals surface area contributed by atoms with Gasteiger partial charge in [-0.25, -0.2) is 4.79 Å². The predicted octanol–water partition coefficient (Wildman–Crippen LogP) is 1.28. The van der Waals surface area contributed by atoms with Crippen LogP contribution in [0.2, 0.25) is 0 Å². The molecule has 0 aromatic heterocycles. The first kappa shape index (κ1) is 15.3. The minimum Gasteiger partial charge on any atom is -0.481 e. The van der Waals surface area contributed by atoms with E-state index >= 15 is 0 Å². The third-order valence-corrected chi connectivity index (χ3v) is 4.64. The number of carbonyl (C=O) groups excluding carboxylic acids is 1. The Bertz CT molecular complexity index is 660. The van der Waals surface area contributed by atoms with Crippen LogP contribution in [0.15, 0.2) is 24.3 Å². The SMILES string of the molecule is O=C(O)C1CCN(C(=O)N2CCc3ccccc32)CC1C(=O)O. The molecule has 0 radical (unpaired) electrons. The highest BCUT2D eigenvalue weighted by atomic mass is 16.4. The van der Waals surface area contributed by atoms with E-state index in [4.69, 9.17) is 5.11 Å². The number of aliphatic carboxylic acids is 2. The van der Waals surface area contributed by atoms with E-state index in [9.17, 15) is 19.5 Å². The third-order valence-electron chi connectivity index (χ3n) is 4.64. The number of hydrogen-bond donors (Lipinski definition) is 2. The number of nitrogens with zero attached hydrogens (tertiary/aromatic N) is 2. The Balaban J connectivity index is 1.77. The first-order chi connectivity index (χ1) is 11.0. The van der Waals surface area contributed by atoms with Gasteiger partial charge in [-0.05, 0) is 24.5 Å². The molecule has 1 aromatic rings. The van der Waals surface area contributed by atoms with Crippen molar-refractivity contribution in [3.8, 4) is 0 Å². The lowest BCUT2D eigenvalue weighted by atomic mass is 9.85. The van der Waals surface area contributed by atoms with Crippen LogP contribution in [0.4, 0.5) is 10.5 Å². The van der Waals surface area contributed by atoms with Gasteiger partial charge in [0, 0.05) is 25.3 Å². The first-order valence-corrected chi connectivity index (χ1v) is 7.59. The fourth-order valence-corrected chi connectivity index (χ4v) is 3.38. The van der Waals surface area contributed by atoms with E-state index < -0.39 is 23.8 Å². The molecular formula is C16H18N2O5. The lowest BCUT2D eigenvalue weighted by Gasteiger charge is -2.36. The second-order valence-corrected chi connectivity index (χ2v) is 5.94. The molecule has 2 amide bonds. The fraction of sp³-hybridized carbons (Fsp3) is 0.438. The van der Waals surface area contributed by atoms with Gasteiger partial charge in [0.15, 0.2) is 0 Å². The van der Waals surface area contributed by atoms with Crippen LogP contribution in [-0.2, 0) is 16.0 Å². The smallest absolute Gasteiger partial charge is 0.324 e. The first-order valence-electron chi connectivity index (χ1n) is 7.59. The highest BCUT2D eigenvalue weighted by molar-refractivity contribution is 5.94. The van der Waals surface area contributed by atoms with Crippen molar-refractivity contribution in [3.63, 3.8) is 0 Å². The zero-order valence-electron chi connectivity index (χ0n) is 12.5. The topological polar surface area (TPSA) is 98.2 Å². The number of carboxylic acids is 2. The van der Waals surface area contributed by atoms with Gasteiger partial charge in [0.1, 0.15) is 0 Å². The Hall–Kier alpha value is -2.57. The van der Waals surface area contributed by atoms with Crippen molar-refractivity contribution in [1.29, 1.82) is 0 Å². The zero-order valence-corrected chi connectivity index (χ0v) is 12.5. The van der Waals surface area contributed by atoms with Crippen LogP contribution in [0.25, 0.3) is 0 Å². The molecule has 0 aliphatic carbocycles. The summed E-state index contributed by atoms with van der Waals surface area (Å²) >= 11 is 0. The number of rotatable bonds is 2. The van der Waals surface area contributed by atoms with Crippen molar-refractivity contribution in [3.05, 3.63) is 29.8 Å². The number of hydrogen-bond acceptors (Lipinski definition) is 3. The average molecular weight is 318 g/mol.